The van der Waals surface area contributed by atoms with Crippen LogP contribution in [0, 0.1) is 18.3 Å². The molecule has 1 aromatic carbocycles. The molecule has 2 nitrogen and oxygen atoms in total. The molecule has 88 valence electrons. The molecule has 0 saturated carbocycles. The topological polar surface area (TPSA) is 49.8 Å². The minimum absolute atomic E-state index is 0.0383. The van der Waals surface area contributed by atoms with Gasteiger partial charge in [0.15, 0.2) is 0 Å². The molecule has 0 fully saturated rings. The summed E-state index contributed by atoms with van der Waals surface area (Å²) >= 11 is 0. The van der Waals surface area contributed by atoms with Crippen LogP contribution in [0.5, 0.6) is 0 Å². The molecule has 0 aromatic heterocycles. The summed E-state index contributed by atoms with van der Waals surface area (Å²) in [4.78, 5) is 0. The van der Waals surface area contributed by atoms with Crippen molar-refractivity contribution in [3.05, 3.63) is 28.8 Å². The Morgan fingerprint density at radius 1 is 1.25 bits per heavy atom. The first-order valence-corrected chi connectivity index (χ1v) is 4.73. The second-order valence-electron chi connectivity index (χ2n) is 2.86. The van der Waals surface area contributed by atoms with Crippen LogP contribution in [0.2, 0.25) is 0 Å². The Balaban J connectivity index is 0.00000106. The van der Waals surface area contributed by atoms with E-state index < -0.39 is 17.3 Å². The molecule has 1 aromatic rings. The molecule has 0 amide bonds. The number of halogens is 3. The van der Waals surface area contributed by atoms with E-state index in [1.165, 1.54) is 6.07 Å². The van der Waals surface area contributed by atoms with E-state index in [1.807, 2.05) is 13.8 Å². The largest absolute Gasteiger partial charge is 0.417 e. The molecule has 0 atom stereocenters. The number of anilines is 1. The first kappa shape index (κ1) is 14.3. The highest BCUT2D eigenvalue weighted by Crippen LogP contribution is 2.33. The van der Waals surface area contributed by atoms with Crippen LogP contribution in [0.15, 0.2) is 12.1 Å². The van der Waals surface area contributed by atoms with Gasteiger partial charge in [-0.05, 0) is 24.6 Å². The second kappa shape index (κ2) is 5.40. The third kappa shape index (κ3) is 3.16. The maximum atomic E-state index is 12.3. The van der Waals surface area contributed by atoms with E-state index in [2.05, 4.69) is 0 Å². The minimum atomic E-state index is -4.53. The van der Waals surface area contributed by atoms with E-state index in [-0.39, 0.29) is 5.69 Å². The fourth-order valence-corrected chi connectivity index (χ4v) is 1.05. The van der Waals surface area contributed by atoms with Gasteiger partial charge in [-0.25, -0.2) is 0 Å². The molecule has 0 radical (unpaired) electrons. The lowest BCUT2D eigenvalue weighted by atomic mass is 10.0. The van der Waals surface area contributed by atoms with E-state index in [9.17, 15) is 13.2 Å². The number of benzene rings is 1. The summed E-state index contributed by atoms with van der Waals surface area (Å²) in [5.74, 6) is 0. The lowest BCUT2D eigenvalue weighted by Crippen LogP contribution is -2.09. The van der Waals surface area contributed by atoms with Gasteiger partial charge in [0.25, 0.3) is 0 Å². The van der Waals surface area contributed by atoms with Gasteiger partial charge in [0, 0.05) is 5.69 Å². The quantitative estimate of drug-likeness (QED) is 0.693. The van der Waals surface area contributed by atoms with Gasteiger partial charge >= 0.3 is 6.18 Å². The number of hydrogen-bond acceptors (Lipinski definition) is 2. The van der Waals surface area contributed by atoms with Crippen LogP contribution in [-0.2, 0) is 6.18 Å². The van der Waals surface area contributed by atoms with Gasteiger partial charge in [-0.15, -0.1) is 0 Å². The molecule has 0 aliphatic rings. The van der Waals surface area contributed by atoms with E-state index in [0.717, 1.165) is 12.1 Å². The summed E-state index contributed by atoms with van der Waals surface area (Å²) in [5, 5.41) is 8.51. The van der Waals surface area contributed by atoms with Crippen LogP contribution in [0.1, 0.15) is 30.5 Å². The number of nitrogens with two attached hydrogens (primary N) is 1. The smallest absolute Gasteiger partial charge is 0.399 e. The van der Waals surface area contributed by atoms with Crippen LogP contribution >= 0.6 is 0 Å². The highest BCUT2D eigenvalue weighted by Gasteiger charge is 2.34. The van der Waals surface area contributed by atoms with Gasteiger partial charge in [0.05, 0.1) is 17.2 Å². The Bertz CT molecular complexity index is 403. The predicted octanol–water partition coefficient (Wildman–Crippen LogP) is 3.49. The standard InChI is InChI=1S/C9H7F3N2.C2H6/c1-5-2-6(4-13)7(3-8(5)14)9(10,11)12;1-2/h2-3H,14H2,1H3;1-2H3. The molecule has 1 rings (SSSR count). The van der Waals surface area contributed by atoms with Crippen molar-refractivity contribution in [2.45, 2.75) is 26.9 Å². The van der Waals surface area contributed by atoms with Crippen LogP contribution in [0.3, 0.4) is 0 Å². The summed E-state index contributed by atoms with van der Waals surface area (Å²) in [7, 11) is 0. The number of nitrogen functional groups attached to an aromatic ring is 1. The monoisotopic (exact) mass is 230 g/mol. The third-order valence-corrected chi connectivity index (χ3v) is 1.83. The van der Waals surface area contributed by atoms with E-state index in [1.54, 1.807) is 6.92 Å². The zero-order chi connectivity index (χ0) is 12.9. The highest BCUT2D eigenvalue weighted by atomic mass is 19.4. The van der Waals surface area contributed by atoms with Crippen LogP contribution in [-0.4, -0.2) is 0 Å². The summed E-state index contributed by atoms with van der Waals surface area (Å²) in [6.45, 7) is 5.55. The average Bonchev–Trinajstić information content (AvgIpc) is 2.23. The van der Waals surface area contributed by atoms with Crippen molar-refractivity contribution in [2.75, 3.05) is 5.73 Å². The Kier molecular flexibility index (Phi) is 4.83. The molecule has 0 heterocycles. The molecule has 0 aliphatic carbocycles. The zero-order valence-electron chi connectivity index (χ0n) is 9.31. The second-order valence-corrected chi connectivity index (χ2v) is 2.86. The first-order chi connectivity index (χ1) is 7.36. The summed E-state index contributed by atoms with van der Waals surface area (Å²) < 4.78 is 37.0. The fourth-order valence-electron chi connectivity index (χ4n) is 1.05. The Hall–Kier alpha value is -1.70. The lowest BCUT2D eigenvalue weighted by Gasteiger charge is -2.10. The fraction of sp³-hybridized carbons (Fsp3) is 0.364. The van der Waals surface area contributed by atoms with Gasteiger partial charge in [-0.3, -0.25) is 0 Å². The number of nitrogens with zero attached hydrogens (tertiary/aromatic N) is 1. The molecule has 0 aliphatic heterocycles. The van der Waals surface area contributed by atoms with Crippen LogP contribution in [0.4, 0.5) is 18.9 Å². The van der Waals surface area contributed by atoms with Gasteiger partial charge in [0.1, 0.15) is 0 Å². The molecule has 0 saturated heterocycles. The molecule has 0 bridgehead atoms. The molecule has 0 unspecified atom stereocenters. The van der Waals surface area contributed by atoms with E-state index in [4.69, 9.17) is 11.0 Å². The molecule has 16 heavy (non-hydrogen) atoms. The molecule has 0 spiro atoms. The Morgan fingerprint density at radius 2 is 1.75 bits per heavy atom. The van der Waals surface area contributed by atoms with E-state index in [0.29, 0.717) is 5.56 Å². The minimum Gasteiger partial charge on any atom is -0.399 e. The van der Waals surface area contributed by atoms with Gasteiger partial charge < -0.3 is 5.73 Å². The molecule has 5 heteroatoms. The molecule has 2 N–H and O–H groups in total. The normalized spacial score (nSPS) is 10.1. The van der Waals surface area contributed by atoms with Crippen molar-refractivity contribution in [3.63, 3.8) is 0 Å². The van der Waals surface area contributed by atoms with Crippen molar-refractivity contribution in [2.24, 2.45) is 0 Å². The molecular formula is C11H13F3N2. The maximum absolute atomic E-state index is 12.3. The van der Waals surface area contributed by atoms with Crippen LogP contribution in [0.25, 0.3) is 0 Å². The van der Waals surface area contributed by atoms with Crippen molar-refractivity contribution in [1.29, 1.82) is 5.26 Å². The van der Waals surface area contributed by atoms with Crippen molar-refractivity contribution in [3.8, 4) is 6.07 Å². The number of nitriles is 1. The van der Waals surface area contributed by atoms with Gasteiger partial charge in [-0.1, -0.05) is 13.8 Å². The van der Waals surface area contributed by atoms with Gasteiger partial charge in [0.2, 0.25) is 0 Å². The Labute approximate surface area is 92.5 Å². The summed E-state index contributed by atoms with van der Waals surface area (Å²) in [6.07, 6.45) is -4.53. The summed E-state index contributed by atoms with van der Waals surface area (Å²) in [5.41, 5.74) is 4.45. The Morgan fingerprint density at radius 3 is 2.12 bits per heavy atom. The number of hydrogen-bond donors (Lipinski definition) is 1. The summed E-state index contributed by atoms with van der Waals surface area (Å²) in [6, 6.07) is 3.42. The third-order valence-electron chi connectivity index (χ3n) is 1.83. The maximum Gasteiger partial charge on any atom is 0.417 e. The highest BCUT2D eigenvalue weighted by molar-refractivity contribution is 5.55. The van der Waals surface area contributed by atoms with E-state index >= 15 is 0 Å². The predicted molar refractivity (Wildman–Crippen MR) is 56.7 cm³/mol. The number of alkyl halides is 3. The van der Waals surface area contributed by atoms with Gasteiger partial charge in [-0.2, -0.15) is 18.4 Å². The lowest BCUT2D eigenvalue weighted by molar-refractivity contribution is -0.137. The van der Waals surface area contributed by atoms with Crippen molar-refractivity contribution in [1.82, 2.24) is 0 Å². The van der Waals surface area contributed by atoms with Crippen molar-refractivity contribution < 1.29 is 13.2 Å². The van der Waals surface area contributed by atoms with Crippen molar-refractivity contribution >= 4 is 5.69 Å². The van der Waals surface area contributed by atoms with Crippen LogP contribution < -0.4 is 5.73 Å². The molecular weight excluding hydrogens is 217 g/mol. The number of aryl methyl sites for hydroxylation is 1. The average molecular weight is 230 g/mol. The first-order valence-electron chi connectivity index (χ1n) is 4.73. The SMILES string of the molecule is CC.Cc1cc(C#N)c(C(F)(F)F)cc1N. The number of rotatable bonds is 0. The zero-order valence-corrected chi connectivity index (χ0v) is 9.31.